The van der Waals surface area contributed by atoms with E-state index in [2.05, 4.69) is 28.8 Å². The maximum Gasteiger partial charge on any atom is 0.234 e. The van der Waals surface area contributed by atoms with Crippen molar-refractivity contribution in [2.75, 3.05) is 19.6 Å². The molecule has 0 spiro atoms. The topological polar surface area (TPSA) is 61.4 Å². The Balaban J connectivity index is 1.89. The van der Waals surface area contributed by atoms with Gasteiger partial charge < -0.3 is 10.6 Å². The number of likely N-dealkylation sites (N-methyl/N-ethyl adjacent to an activating group) is 1. The van der Waals surface area contributed by atoms with Gasteiger partial charge in [0.05, 0.1) is 19.1 Å². The highest BCUT2D eigenvalue weighted by Crippen LogP contribution is 2.29. The van der Waals surface area contributed by atoms with Crippen LogP contribution in [-0.4, -0.2) is 42.4 Å². The summed E-state index contributed by atoms with van der Waals surface area (Å²) >= 11 is 0. The van der Waals surface area contributed by atoms with Crippen molar-refractivity contribution in [2.24, 2.45) is 0 Å². The third-order valence-electron chi connectivity index (χ3n) is 4.34. The Morgan fingerprint density at radius 3 is 2.62 bits per heavy atom. The number of fused-ring (bicyclic) bond motifs is 1. The molecule has 2 N–H and O–H groups in total. The Morgan fingerprint density at radius 1 is 1.21 bits per heavy atom. The first-order valence-corrected chi connectivity index (χ1v) is 8.88. The molecular formula is C19H29N3O2. The van der Waals surface area contributed by atoms with Crippen LogP contribution in [0.2, 0.25) is 0 Å². The van der Waals surface area contributed by atoms with Gasteiger partial charge in [0.1, 0.15) is 0 Å². The second kappa shape index (κ2) is 8.83. The minimum Gasteiger partial charge on any atom is -0.353 e. The van der Waals surface area contributed by atoms with Crippen molar-refractivity contribution in [2.45, 2.75) is 52.1 Å². The van der Waals surface area contributed by atoms with Gasteiger partial charge in [0.15, 0.2) is 0 Å². The maximum atomic E-state index is 12.4. The number of benzene rings is 1. The second-order valence-electron chi connectivity index (χ2n) is 6.74. The third kappa shape index (κ3) is 5.34. The van der Waals surface area contributed by atoms with Crippen LogP contribution in [0, 0.1) is 0 Å². The van der Waals surface area contributed by atoms with E-state index in [0.717, 1.165) is 19.3 Å². The average molecular weight is 331 g/mol. The molecule has 0 bridgehead atoms. The predicted molar refractivity (Wildman–Crippen MR) is 95.7 cm³/mol. The van der Waals surface area contributed by atoms with Crippen LogP contribution in [0.1, 0.15) is 50.8 Å². The smallest absolute Gasteiger partial charge is 0.234 e. The van der Waals surface area contributed by atoms with Gasteiger partial charge in [-0.25, -0.2) is 0 Å². The van der Waals surface area contributed by atoms with Gasteiger partial charge in [0.2, 0.25) is 11.8 Å². The average Bonchev–Trinajstić information content (AvgIpc) is 2.53. The molecule has 1 aliphatic rings. The lowest BCUT2D eigenvalue weighted by atomic mass is 9.88. The highest BCUT2D eigenvalue weighted by molar-refractivity contribution is 5.81. The van der Waals surface area contributed by atoms with E-state index in [9.17, 15) is 9.59 Å². The van der Waals surface area contributed by atoms with Gasteiger partial charge in [-0.15, -0.1) is 0 Å². The molecule has 1 aromatic rings. The Hall–Kier alpha value is -1.88. The van der Waals surface area contributed by atoms with Crippen LogP contribution in [0.25, 0.3) is 0 Å². The summed E-state index contributed by atoms with van der Waals surface area (Å²) in [5, 5.41) is 6.00. The number of nitrogens with one attached hydrogen (secondary N) is 2. The molecule has 0 unspecified atom stereocenters. The first-order valence-electron chi connectivity index (χ1n) is 8.88. The predicted octanol–water partition coefficient (Wildman–Crippen LogP) is 2.03. The lowest BCUT2D eigenvalue weighted by Crippen LogP contribution is -2.45. The van der Waals surface area contributed by atoms with E-state index in [1.807, 2.05) is 31.7 Å². The maximum absolute atomic E-state index is 12.4. The van der Waals surface area contributed by atoms with Crippen molar-refractivity contribution in [1.82, 2.24) is 15.5 Å². The number of nitrogens with zero attached hydrogens (tertiary/aromatic N) is 1. The van der Waals surface area contributed by atoms with Gasteiger partial charge in [-0.1, -0.05) is 31.2 Å². The van der Waals surface area contributed by atoms with E-state index >= 15 is 0 Å². The van der Waals surface area contributed by atoms with Crippen LogP contribution in [0.4, 0.5) is 0 Å². The molecule has 0 aliphatic heterocycles. The molecular weight excluding hydrogens is 302 g/mol. The van der Waals surface area contributed by atoms with Crippen LogP contribution in [-0.2, 0) is 16.0 Å². The highest BCUT2D eigenvalue weighted by atomic mass is 16.2. The molecule has 0 radical (unpaired) electrons. The van der Waals surface area contributed by atoms with Crippen LogP contribution < -0.4 is 10.6 Å². The minimum absolute atomic E-state index is 0.0177. The van der Waals surface area contributed by atoms with E-state index in [0.29, 0.717) is 6.54 Å². The van der Waals surface area contributed by atoms with Crippen molar-refractivity contribution in [3.8, 4) is 0 Å². The van der Waals surface area contributed by atoms with E-state index in [1.165, 1.54) is 11.1 Å². The molecule has 5 heteroatoms. The van der Waals surface area contributed by atoms with Crippen LogP contribution in [0.5, 0.6) is 0 Å². The second-order valence-corrected chi connectivity index (χ2v) is 6.74. The number of carbonyl (C=O) groups is 2. The van der Waals surface area contributed by atoms with Crippen molar-refractivity contribution in [1.29, 1.82) is 0 Å². The highest BCUT2D eigenvalue weighted by Gasteiger charge is 2.22. The standard InChI is InChI=1S/C19H29N3O2/c1-4-22(12-18(23)20-14(2)3)13-19(24)21-17-11-7-9-15-8-5-6-10-16(15)17/h5-6,8,10,14,17H,4,7,9,11-13H2,1-3H3,(H,20,23)(H,21,24)/t17-/m1/s1. The summed E-state index contributed by atoms with van der Waals surface area (Å²) in [6.45, 7) is 7.00. The largest absolute Gasteiger partial charge is 0.353 e. The first kappa shape index (κ1) is 18.5. The SMILES string of the molecule is CCN(CC(=O)NC(C)C)CC(=O)N[C@@H]1CCCc2ccccc21. The van der Waals surface area contributed by atoms with Crippen LogP contribution in [0.3, 0.4) is 0 Å². The summed E-state index contributed by atoms with van der Waals surface area (Å²) in [5.74, 6) is -0.0569. The molecule has 0 saturated heterocycles. The minimum atomic E-state index is -0.0392. The summed E-state index contributed by atoms with van der Waals surface area (Å²) in [4.78, 5) is 26.1. The summed E-state index contributed by atoms with van der Waals surface area (Å²) in [6.07, 6.45) is 3.15. The molecule has 1 aliphatic carbocycles. The van der Waals surface area contributed by atoms with Gasteiger partial charge in [-0.2, -0.15) is 0 Å². The summed E-state index contributed by atoms with van der Waals surface area (Å²) < 4.78 is 0. The Morgan fingerprint density at radius 2 is 1.92 bits per heavy atom. The fourth-order valence-corrected chi connectivity index (χ4v) is 3.20. The van der Waals surface area contributed by atoms with E-state index in [-0.39, 0.29) is 37.0 Å². The summed E-state index contributed by atoms with van der Waals surface area (Å²) in [5.41, 5.74) is 2.57. The molecule has 2 rings (SSSR count). The normalized spacial score (nSPS) is 16.8. The van der Waals surface area contributed by atoms with Gasteiger partial charge in [0, 0.05) is 6.04 Å². The van der Waals surface area contributed by atoms with Crippen LogP contribution >= 0.6 is 0 Å². The van der Waals surface area contributed by atoms with Crippen molar-refractivity contribution in [3.05, 3.63) is 35.4 Å². The summed E-state index contributed by atoms with van der Waals surface area (Å²) in [7, 11) is 0. The molecule has 5 nitrogen and oxygen atoms in total. The number of amides is 2. The number of rotatable bonds is 7. The van der Waals surface area contributed by atoms with Crippen molar-refractivity contribution < 1.29 is 9.59 Å². The molecule has 1 aromatic carbocycles. The Labute approximate surface area is 144 Å². The van der Waals surface area contributed by atoms with E-state index < -0.39 is 0 Å². The number of carbonyl (C=O) groups excluding carboxylic acids is 2. The lowest BCUT2D eigenvalue weighted by molar-refractivity contribution is -0.125. The van der Waals surface area contributed by atoms with E-state index in [4.69, 9.17) is 0 Å². The monoisotopic (exact) mass is 331 g/mol. The van der Waals surface area contributed by atoms with Gasteiger partial charge in [-0.05, 0) is 50.8 Å². The number of aryl methyl sites for hydroxylation is 1. The van der Waals surface area contributed by atoms with Crippen molar-refractivity contribution >= 4 is 11.8 Å². The van der Waals surface area contributed by atoms with E-state index in [1.54, 1.807) is 0 Å². The molecule has 0 saturated carbocycles. The quantitative estimate of drug-likeness (QED) is 0.804. The number of hydrogen-bond donors (Lipinski definition) is 2. The van der Waals surface area contributed by atoms with Crippen LogP contribution in [0.15, 0.2) is 24.3 Å². The zero-order chi connectivity index (χ0) is 17.5. The van der Waals surface area contributed by atoms with Crippen molar-refractivity contribution in [3.63, 3.8) is 0 Å². The fourth-order valence-electron chi connectivity index (χ4n) is 3.20. The zero-order valence-corrected chi connectivity index (χ0v) is 15.0. The zero-order valence-electron chi connectivity index (χ0n) is 15.0. The van der Waals surface area contributed by atoms with Gasteiger partial charge in [0.25, 0.3) is 0 Å². The molecule has 0 heterocycles. The van der Waals surface area contributed by atoms with Gasteiger partial charge in [-0.3, -0.25) is 14.5 Å². The number of hydrogen-bond acceptors (Lipinski definition) is 3. The first-order chi connectivity index (χ1) is 11.5. The molecule has 0 aromatic heterocycles. The fraction of sp³-hybridized carbons (Fsp3) is 0.579. The Kier molecular flexibility index (Phi) is 6.79. The lowest BCUT2D eigenvalue weighted by Gasteiger charge is -2.27. The molecule has 2 amide bonds. The molecule has 24 heavy (non-hydrogen) atoms. The molecule has 0 fully saturated rings. The summed E-state index contributed by atoms with van der Waals surface area (Å²) in [6, 6.07) is 8.53. The Bertz CT molecular complexity index is 571. The molecule has 1 atom stereocenters. The van der Waals surface area contributed by atoms with Gasteiger partial charge >= 0.3 is 0 Å². The third-order valence-corrected chi connectivity index (χ3v) is 4.34. The molecule has 132 valence electrons.